The zero-order valence-electron chi connectivity index (χ0n) is 39.7. The summed E-state index contributed by atoms with van der Waals surface area (Å²) in [6.07, 6.45) is 47.5. The van der Waals surface area contributed by atoms with Gasteiger partial charge >= 0.3 is 0 Å². The van der Waals surface area contributed by atoms with E-state index in [0.717, 1.165) is 12.0 Å². The Morgan fingerprint density at radius 3 is 1.02 bits per heavy atom. The van der Waals surface area contributed by atoms with E-state index >= 15 is 0 Å². The fourth-order valence-corrected chi connectivity index (χ4v) is 8.37. The van der Waals surface area contributed by atoms with Gasteiger partial charge in [-0.15, -0.1) is 0 Å². The summed E-state index contributed by atoms with van der Waals surface area (Å²) in [5.41, 5.74) is 2.68. The number of aromatic hydroxyl groups is 1. The molecule has 0 bridgehead atoms. The number of thiol groups is 1. The van der Waals surface area contributed by atoms with Gasteiger partial charge in [0.25, 0.3) is 0 Å². The number of aryl methyl sites for hydroxylation is 1. The highest BCUT2D eigenvalue weighted by Crippen LogP contribution is 2.46. The molecule has 338 valence electrons. The molecule has 1 atom stereocenters. The van der Waals surface area contributed by atoms with Crippen LogP contribution < -0.4 is 0 Å². The summed E-state index contributed by atoms with van der Waals surface area (Å²) in [7, 11) is 1.33. The first kappa shape index (κ1) is 56.9. The summed E-state index contributed by atoms with van der Waals surface area (Å²) in [5.74, 6) is 0.581. The maximum atomic E-state index is 11.7. The smallest absolute Gasteiger partial charge is 0.241 e. The zero-order valence-corrected chi connectivity index (χ0v) is 42.3. The molecule has 2 N–H and O–H groups in total. The topological polar surface area (TPSA) is 49.7 Å². The molecule has 0 aliphatic carbocycles. The van der Waals surface area contributed by atoms with E-state index in [1.54, 1.807) is 0 Å². The summed E-state index contributed by atoms with van der Waals surface area (Å²) < 4.78 is 4.28. The van der Waals surface area contributed by atoms with Gasteiger partial charge in [-0.25, -0.2) is 0 Å². The molecule has 1 aromatic rings. The van der Waals surface area contributed by atoms with Crippen LogP contribution in [0.2, 0.25) is 0 Å². The molecule has 0 fully saturated rings. The number of phenols is 1. The van der Waals surface area contributed by atoms with Gasteiger partial charge < -0.3 is 14.5 Å². The molecule has 1 aromatic carbocycles. The minimum atomic E-state index is -2.62. The second kappa shape index (κ2) is 35.5. The largest absolute Gasteiger partial charge is 0.507 e. The predicted molar refractivity (Wildman–Crippen MR) is 265 cm³/mol. The SMILES string of the molecule is CCCCCCCCCCCCCCCCCCc1cc(C(C)(C)C)c(O)c(C(C)(C)C)c1CCCCCCCCCCCCCCCCCC.COP(O)(=S)S. The van der Waals surface area contributed by atoms with Crippen LogP contribution in [-0.2, 0) is 40.0 Å². The second-order valence-corrected chi connectivity index (χ2v) is 24.8. The zero-order chi connectivity index (χ0) is 42.8. The second-order valence-electron chi connectivity index (χ2n) is 19.6. The van der Waals surface area contributed by atoms with E-state index in [-0.39, 0.29) is 10.8 Å². The van der Waals surface area contributed by atoms with Crippen molar-refractivity contribution in [3.8, 4) is 5.75 Å². The average Bonchev–Trinajstić information content (AvgIpc) is 3.14. The number of rotatable bonds is 35. The lowest BCUT2D eigenvalue weighted by molar-refractivity contribution is 0.405. The third kappa shape index (κ3) is 32.3. The maximum absolute atomic E-state index is 11.7. The average molecular weight is 855 g/mol. The van der Waals surface area contributed by atoms with Gasteiger partial charge in [0.05, 0.1) is 0 Å². The molecule has 1 rings (SSSR count). The highest BCUT2D eigenvalue weighted by Gasteiger charge is 2.30. The van der Waals surface area contributed by atoms with Crippen LogP contribution in [0, 0.1) is 0 Å². The number of phenolic OH excluding ortho intramolecular Hbond substituents is 1. The van der Waals surface area contributed by atoms with Gasteiger partial charge in [0, 0.05) is 12.7 Å². The highest BCUT2D eigenvalue weighted by atomic mass is 32.9. The normalized spacial score (nSPS) is 13.1. The Hall–Kier alpha value is -0.0600. The van der Waals surface area contributed by atoms with E-state index in [1.165, 1.54) is 236 Å². The van der Waals surface area contributed by atoms with Crippen molar-refractivity contribution in [3.63, 3.8) is 0 Å². The molecule has 0 aliphatic heterocycles. The Bertz CT molecular complexity index is 1120. The summed E-state index contributed by atoms with van der Waals surface area (Å²) in [6, 6.07) is 2.41. The fourth-order valence-electron chi connectivity index (χ4n) is 8.37. The molecule has 0 aromatic heterocycles. The van der Waals surface area contributed by atoms with Crippen molar-refractivity contribution in [3.05, 3.63) is 28.3 Å². The van der Waals surface area contributed by atoms with E-state index in [0.29, 0.717) is 5.75 Å². The first-order valence-corrected chi connectivity index (χ1v) is 28.4. The van der Waals surface area contributed by atoms with E-state index in [2.05, 4.69) is 90.0 Å². The van der Waals surface area contributed by atoms with E-state index in [1.807, 2.05) is 0 Å². The number of hydrogen-bond donors (Lipinski definition) is 3. The van der Waals surface area contributed by atoms with Crippen molar-refractivity contribution in [1.82, 2.24) is 0 Å². The van der Waals surface area contributed by atoms with E-state index in [4.69, 9.17) is 4.89 Å². The van der Waals surface area contributed by atoms with Gasteiger partial charge in [0.15, 0.2) is 0 Å². The predicted octanol–water partition coefficient (Wildman–Crippen LogP) is 18.4. The van der Waals surface area contributed by atoms with Crippen molar-refractivity contribution < 1.29 is 14.5 Å². The number of unbranched alkanes of at least 4 members (excludes halogenated alkanes) is 30. The molecule has 57 heavy (non-hydrogen) atoms. The molecule has 0 spiro atoms. The Kier molecular flexibility index (Phi) is 35.5. The molecular weight excluding hydrogens is 756 g/mol. The van der Waals surface area contributed by atoms with Crippen LogP contribution in [0.4, 0.5) is 0 Å². The third-order valence-electron chi connectivity index (χ3n) is 11.9. The number of hydrogen-bond acceptors (Lipinski definition) is 3. The van der Waals surface area contributed by atoms with Crippen LogP contribution in [0.5, 0.6) is 5.75 Å². The monoisotopic (exact) mass is 855 g/mol. The summed E-state index contributed by atoms with van der Waals surface area (Å²) in [5, 5.41) is 11.7. The Morgan fingerprint density at radius 2 is 0.772 bits per heavy atom. The molecule has 1 unspecified atom stereocenters. The van der Waals surface area contributed by atoms with Crippen molar-refractivity contribution in [2.45, 2.75) is 285 Å². The quantitative estimate of drug-likeness (QED) is 0.0362. The van der Waals surface area contributed by atoms with Crippen LogP contribution in [0.25, 0.3) is 0 Å². The lowest BCUT2D eigenvalue weighted by atomic mass is 9.74. The molecule has 6 heteroatoms. The van der Waals surface area contributed by atoms with Gasteiger partial charge in [0.1, 0.15) is 5.75 Å². The lowest BCUT2D eigenvalue weighted by Gasteiger charge is -2.32. The molecule has 0 amide bonds. The first-order chi connectivity index (χ1) is 27.1. The van der Waals surface area contributed by atoms with E-state index < -0.39 is 5.69 Å². The van der Waals surface area contributed by atoms with Crippen molar-refractivity contribution in [2.75, 3.05) is 7.11 Å². The van der Waals surface area contributed by atoms with Gasteiger partial charge in [-0.2, -0.15) is 0 Å². The Labute approximate surface area is 368 Å². The van der Waals surface area contributed by atoms with Gasteiger partial charge in [0.2, 0.25) is 5.69 Å². The molecule has 0 aliphatic rings. The van der Waals surface area contributed by atoms with Crippen molar-refractivity contribution in [1.29, 1.82) is 0 Å². The van der Waals surface area contributed by atoms with Crippen molar-refractivity contribution in [2.24, 2.45) is 0 Å². The van der Waals surface area contributed by atoms with Crippen LogP contribution in [-0.4, -0.2) is 17.1 Å². The van der Waals surface area contributed by atoms with Gasteiger partial charge in [-0.05, 0) is 65.0 Å². The Morgan fingerprint density at radius 1 is 0.509 bits per heavy atom. The fraction of sp³-hybridized carbons (Fsp3) is 0.882. The van der Waals surface area contributed by atoms with Crippen LogP contribution >= 0.6 is 17.9 Å². The molecule has 0 heterocycles. The minimum Gasteiger partial charge on any atom is -0.507 e. The first-order valence-electron chi connectivity index (χ1n) is 24.6. The standard InChI is InChI=1S/C50H94O.CH5O2PS2/c1-9-11-13-15-17-19-21-23-25-27-29-31-33-35-37-39-41-44-43-46(49(3,4)5)48(51)47(50(6,7)8)45(44)42-40-38-36-34-32-30-28-26-24-22-20-18-16-14-12-10-2;1-3-4(2,5)6/h43,51H,9-42H2,1-8H3;1H3,(H2,2,5,6). The molecule has 0 saturated heterocycles. The van der Waals surface area contributed by atoms with Gasteiger partial charge in [-0.3, -0.25) is 0 Å². The van der Waals surface area contributed by atoms with Crippen molar-refractivity contribution >= 4 is 29.7 Å². The van der Waals surface area contributed by atoms with Crippen LogP contribution in [0.3, 0.4) is 0 Å². The molecule has 0 saturated carbocycles. The number of benzene rings is 1. The lowest BCUT2D eigenvalue weighted by Crippen LogP contribution is -2.21. The minimum absolute atomic E-state index is 0.0553. The summed E-state index contributed by atoms with van der Waals surface area (Å²) >= 11 is 7.81. The van der Waals surface area contributed by atoms with Gasteiger partial charge in [-0.1, -0.05) is 266 Å². The van der Waals surface area contributed by atoms with E-state index in [9.17, 15) is 5.11 Å². The molecular formula is C51H99O3PS2. The third-order valence-corrected chi connectivity index (χ3v) is 13.3. The summed E-state index contributed by atoms with van der Waals surface area (Å²) in [4.78, 5) is 8.39. The van der Waals surface area contributed by atoms with Crippen LogP contribution in [0.1, 0.15) is 283 Å². The maximum Gasteiger partial charge on any atom is 0.241 e. The molecule has 3 nitrogen and oxygen atoms in total. The highest BCUT2D eigenvalue weighted by molar-refractivity contribution is 8.59. The molecule has 0 radical (unpaired) electrons. The van der Waals surface area contributed by atoms with Crippen LogP contribution in [0.15, 0.2) is 6.07 Å². The summed E-state index contributed by atoms with van der Waals surface area (Å²) in [6.45, 7) is 18.3. The Balaban J connectivity index is 0.00000481.